The second-order valence-electron chi connectivity index (χ2n) is 5.94. The molecule has 0 radical (unpaired) electrons. The zero-order chi connectivity index (χ0) is 8.98. The second-order valence-corrected chi connectivity index (χ2v) is 5.94. The van der Waals surface area contributed by atoms with Gasteiger partial charge in [0.25, 0.3) is 0 Å². The molecule has 0 aromatic rings. The van der Waals surface area contributed by atoms with Gasteiger partial charge in [-0.1, -0.05) is 40.5 Å². The highest BCUT2D eigenvalue weighted by Gasteiger charge is 2.61. The third-order valence-electron chi connectivity index (χ3n) is 5.28. The molecule has 2 saturated carbocycles. The van der Waals surface area contributed by atoms with Crippen molar-refractivity contribution in [2.24, 2.45) is 22.7 Å². The topological polar surface area (TPSA) is 0 Å². The lowest BCUT2D eigenvalue weighted by Gasteiger charge is -2.67. The molecule has 0 N–H and O–H groups in total. The van der Waals surface area contributed by atoms with Crippen LogP contribution in [0, 0.1) is 22.7 Å². The molecule has 0 heteroatoms. The molecule has 2 atom stereocenters. The lowest BCUT2D eigenvalue weighted by molar-refractivity contribution is -0.185. The lowest BCUT2D eigenvalue weighted by Crippen LogP contribution is -2.60. The molecule has 12 heavy (non-hydrogen) atoms. The molecule has 2 fully saturated rings. The van der Waals surface area contributed by atoms with Crippen molar-refractivity contribution in [3.05, 3.63) is 0 Å². The van der Waals surface area contributed by atoms with Gasteiger partial charge in [-0.15, -0.1) is 0 Å². The predicted octanol–water partition coefficient (Wildman–Crippen LogP) is 3.86. The van der Waals surface area contributed by atoms with Gasteiger partial charge in [0.1, 0.15) is 0 Å². The summed E-state index contributed by atoms with van der Waals surface area (Å²) in [4.78, 5) is 0. The Kier molecular flexibility index (Phi) is 1.63. The van der Waals surface area contributed by atoms with Crippen LogP contribution >= 0.6 is 0 Å². The van der Waals surface area contributed by atoms with Crippen LogP contribution in [0.1, 0.15) is 53.4 Å². The van der Waals surface area contributed by atoms with Crippen LogP contribution in [0.25, 0.3) is 0 Å². The average Bonchev–Trinajstić information content (AvgIpc) is 2.04. The molecule has 70 valence electrons. The molecule has 0 amide bonds. The van der Waals surface area contributed by atoms with Gasteiger partial charge in [-0.25, -0.2) is 0 Å². The maximum atomic E-state index is 2.47. The molecule has 2 rings (SSSR count). The average molecular weight is 166 g/mol. The van der Waals surface area contributed by atoms with Crippen molar-refractivity contribution in [3.8, 4) is 0 Å². The van der Waals surface area contributed by atoms with E-state index in [1.807, 2.05) is 0 Å². The van der Waals surface area contributed by atoms with E-state index in [9.17, 15) is 0 Å². The molecule has 0 aliphatic heterocycles. The summed E-state index contributed by atoms with van der Waals surface area (Å²) in [6.45, 7) is 9.89. The van der Waals surface area contributed by atoms with Crippen molar-refractivity contribution < 1.29 is 0 Å². The van der Waals surface area contributed by atoms with Crippen LogP contribution in [-0.2, 0) is 0 Å². The van der Waals surface area contributed by atoms with Crippen LogP contribution < -0.4 is 0 Å². The summed E-state index contributed by atoms with van der Waals surface area (Å²) in [5, 5.41) is 0. The number of rotatable bonds is 0. The Morgan fingerprint density at radius 2 is 1.08 bits per heavy atom. The normalized spacial score (nSPS) is 43.0. The van der Waals surface area contributed by atoms with E-state index >= 15 is 0 Å². The van der Waals surface area contributed by atoms with E-state index in [0.717, 1.165) is 11.8 Å². The zero-order valence-corrected chi connectivity index (χ0v) is 8.98. The Morgan fingerprint density at radius 1 is 0.750 bits per heavy atom. The van der Waals surface area contributed by atoms with Crippen molar-refractivity contribution in [1.82, 2.24) is 0 Å². The monoisotopic (exact) mass is 166 g/mol. The van der Waals surface area contributed by atoms with Gasteiger partial charge >= 0.3 is 0 Å². The Balaban J connectivity index is 2.20. The fourth-order valence-corrected chi connectivity index (χ4v) is 3.72. The fourth-order valence-electron chi connectivity index (χ4n) is 3.72. The highest BCUT2D eigenvalue weighted by Crippen LogP contribution is 2.68. The smallest absolute Gasteiger partial charge is 0.0269 e. The van der Waals surface area contributed by atoms with Crippen molar-refractivity contribution in [2.45, 2.75) is 53.4 Å². The van der Waals surface area contributed by atoms with Gasteiger partial charge in [0, 0.05) is 0 Å². The minimum Gasteiger partial charge on any atom is -0.0591 e. The first-order valence-corrected chi connectivity index (χ1v) is 5.48. The number of hydrogen-bond donors (Lipinski definition) is 0. The van der Waals surface area contributed by atoms with Crippen LogP contribution in [0.4, 0.5) is 0 Å². The van der Waals surface area contributed by atoms with Crippen molar-refractivity contribution in [2.75, 3.05) is 0 Å². The Hall–Kier alpha value is 0. The Bertz CT molecular complexity index is 166. The first-order valence-electron chi connectivity index (χ1n) is 5.48. The highest BCUT2D eigenvalue weighted by molar-refractivity contribution is 5.09. The SMILES string of the molecule is CC1(C)C2CCCCC2C1(C)C. The summed E-state index contributed by atoms with van der Waals surface area (Å²) in [7, 11) is 0. The van der Waals surface area contributed by atoms with Gasteiger partial charge in [-0.05, 0) is 35.5 Å². The lowest BCUT2D eigenvalue weighted by atomic mass is 9.38. The summed E-state index contributed by atoms with van der Waals surface area (Å²) in [5.41, 5.74) is 1.22. The Morgan fingerprint density at radius 3 is 1.42 bits per heavy atom. The minimum absolute atomic E-state index is 0.609. The fraction of sp³-hybridized carbons (Fsp3) is 1.00. The van der Waals surface area contributed by atoms with Crippen LogP contribution in [0.15, 0.2) is 0 Å². The number of fused-ring (bicyclic) bond motifs is 1. The van der Waals surface area contributed by atoms with E-state index in [-0.39, 0.29) is 0 Å². The van der Waals surface area contributed by atoms with Gasteiger partial charge in [0.15, 0.2) is 0 Å². The predicted molar refractivity (Wildman–Crippen MR) is 53.0 cm³/mol. The third kappa shape index (κ3) is 0.791. The molecule has 0 spiro atoms. The molecule has 2 aliphatic carbocycles. The molecule has 0 saturated heterocycles. The molecular formula is C12H22. The first kappa shape index (κ1) is 8.59. The molecule has 0 heterocycles. The van der Waals surface area contributed by atoms with Gasteiger partial charge < -0.3 is 0 Å². The summed E-state index contributed by atoms with van der Waals surface area (Å²) in [6.07, 6.45) is 5.98. The van der Waals surface area contributed by atoms with Crippen LogP contribution in [-0.4, -0.2) is 0 Å². The molecule has 0 nitrogen and oxygen atoms in total. The van der Waals surface area contributed by atoms with Gasteiger partial charge in [-0.2, -0.15) is 0 Å². The van der Waals surface area contributed by atoms with E-state index in [2.05, 4.69) is 27.7 Å². The number of hydrogen-bond acceptors (Lipinski definition) is 0. The molecule has 0 aromatic carbocycles. The third-order valence-corrected chi connectivity index (χ3v) is 5.28. The molecule has 0 aromatic heterocycles. The van der Waals surface area contributed by atoms with Crippen molar-refractivity contribution in [1.29, 1.82) is 0 Å². The summed E-state index contributed by atoms with van der Waals surface area (Å²) in [5.74, 6) is 2.09. The summed E-state index contributed by atoms with van der Waals surface area (Å²) < 4.78 is 0. The van der Waals surface area contributed by atoms with Crippen LogP contribution in [0.3, 0.4) is 0 Å². The van der Waals surface area contributed by atoms with Gasteiger partial charge in [0.2, 0.25) is 0 Å². The highest BCUT2D eigenvalue weighted by atomic mass is 14.7. The van der Waals surface area contributed by atoms with Crippen LogP contribution in [0.2, 0.25) is 0 Å². The van der Waals surface area contributed by atoms with E-state index < -0.39 is 0 Å². The van der Waals surface area contributed by atoms with E-state index in [1.165, 1.54) is 25.7 Å². The Labute approximate surface area is 76.7 Å². The zero-order valence-electron chi connectivity index (χ0n) is 8.98. The minimum atomic E-state index is 0.609. The molecule has 2 aliphatic rings. The first-order chi connectivity index (χ1) is 5.48. The summed E-state index contributed by atoms with van der Waals surface area (Å²) >= 11 is 0. The maximum absolute atomic E-state index is 2.47. The van der Waals surface area contributed by atoms with Crippen LogP contribution in [0.5, 0.6) is 0 Å². The largest absolute Gasteiger partial charge is 0.0591 e. The van der Waals surface area contributed by atoms with E-state index in [4.69, 9.17) is 0 Å². The van der Waals surface area contributed by atoms with Crippen molar-refractivity contribution in [3.63, 3.8) is 0 Å². The quantitative estimate of drug-likeness (QED) is 0.512. The maximum Gasteiger partial charge on any atom is -0.0269 e. The van der Waals surface area contributed by atoms with E-state index in [1.54, 1.807) is 0 Å². The molecule has 0 bridgehead atoms. The van der Waals surface area contributed by atoms with Gasteiger partial charge in [-0.3, -0.25) is 0 Å². The van der Waals surface area contributed by atoms with Crippen molar-refractivity contribution >= 4 is 0 Å². The standard InChI is InChI=1S/C12H22/c1-11(2)9-7-5-6-8-10(9)12(11,3)4/h9-10H,5-8H2,1-4H3. The van der Waals surface area contributed by atoms with E-state index in [0.29, 0.717) is 10.8 Å². The van der Waals surface area contributed by atoms with Gasteiger partial charge in [0.05, 0.1) is 0 Å². The molecule has 2 unspecified atom stereocenters. The second kappa shape index (κ2) is 2.27. The molecular weight excluding hydrogens is 144 g/mol. The summed E-state index contributed by atoms with van der Waals surface area (Å²) in [6, 6.07) is 0.